The summed E-state index contributed by atoms with van der Waals surface area (Å²) < 4.78 is 5.21. The van der Waals surface area contributed by atoms with E-state index in [1.54, 1.807) is 6.08 Å². The molecule has 74 valence electrons. The van der Waals surface area contributed by atoms with Crippen LogP contribution < -0.4 is 11.5 Å². The second kappa shape index (κ2) is 5.16. The van der Waals surface area contributed by atoms with E-state index in [4.69, 9.17) is 28.4 Å². The molecule has 4 N–H and O–H groups in total. The van der Waals surface area contributed by atoms with Crippen LogP contribution in [-0.4, -0.2) is 42.7 Å². The summed E-state index contributed by atoms with van der Waals surface area (Å²) in [6.07, 6.45) is 1.63. The van der Waals surface area contributed by atoms with Gasteiger partial charge in [-0.15, -0.1) is 0 Å². The van der Waals surface area contributed by atoms with E-state index in [0.29, 0.717) is 4.99 Å². The Hall–Kier alpha value is -0.650. The largest absolute Gasteiger partial charge is 0.401 e. The van der Waals surface area contributed by atoms with Gasteiger partial charge in [0.05, 0.1) is 18.2 Å². The van der Waals surface area contributed by atoms with Gasteiger partial charge in [-0.05, 0) is 6.08 Å². The first-order chi connectivity index (χ1) is 6.18. The van der Waals surface area contributed by atoms with E-state index in [2.05, 4.69) is 4.90 Å². The summed E-state index contributed by atoms with van der Waals surface area (Å²) in [4.78, 5) is 2.55. The van der Waals surface area contributed by atoms with Crippen molar-refractivity contribution in [1.82, 2.24) is 4.90 Å². The number of nitrogens with zero attached hydrogens (tertiary/aromatic N) is 1. The van der Waals surface area contributed by atoms with Crippen LogP contribution >= 0.6 is 12.2 Å². The lowest BCUT2D eigenvalue weighted by Gasteiger charge is -2.26. The van der Waals surface area contributed by atoms with Crippen molar-refractivity contribution in [1.29, 1.82) is 0 Å². The first kappa shape index (κ1) is 10.4. The fourth-order valence-electron chi connectivity index (χ4n) is 1.25. The molecule has 13 heavy (non-hydrogen) atoms. The summed E-state index contributed by atoms with van der Waals surface area (Å²) in [6.45, 7) is 4.12. The van der Waals surface area contributed by atoms with Gasteiger partial charge in [0.25, 0.3) is 0 Å². The minimum absolute atomic E-state index is 0.339. The molecule has 0 spiro atoms. The van der Waals surface area contributed by atoms with Gasteiger partial charge in [0.2, 0.25) is 0 Å². The highest BCUT2D eigenvalue weighted by atomic mass is 32.1. The first-order valence-corrected chi connectivity index (χ1v) is 4.65. The lowest BCUT2D eigenvalue weighted by molar-refractivity contribution is 0.0421. The molecule has 1 rings (SSSR count). The van der Waals surface area contributed by atoms with Crippen LogP contribution in [0.15, 0.2) is 11.8 Å². The summed E-state index contributed by atoms with van der Waals surface area (Å²) in [5.41, 5.74) is 11.8. The average molecular weight is 201 g/mol. The molecule has 0 bridgehead atoms. The number of ether oxygens (including phenoxy) is 1. The third-order valence-electron chi connectivity index (χ3n) is 1.84. The van der Waals surface area contributed by atoms with Gasteiger partial charge in [-0.1, -0.05) is 12.2 Å². The van der Waals surface area contributed by atoms with Crippen molar-refractivity contribution >= 4 is 17.2 Å². The van der Waals surface area contributed by atoms with Crippen LogP contribution in [0.1, 0.15) is 0 Å². The molecule has 0 aromatic rings. The smallest absolute Gasteiger partial charge is 0.0979 e. The third-order valence-corrected chi connectivity index (χ3v) is 1.96. The van der Waals surface area contributed by atoms with Gasteiger partial charge in [0, 0.05) is 25.3 Å². The maximum Gasteiger partial charge on any atom is 0.0979 e. The molecular formula is C8H15N3OS. The number of thiocarbonyl (C=S) groups is 1. The lowest BCUT2D eigenvalue weighted by atomic mass is 10.3. The summed E-state index contributed by atoms with van der Waals surface area (Å²) in [7, 11) is 0. The molecule has 0 saturated carbocycles. The zero-order valence-electron chi connectivity index (χ0n) is 7.53. The van der Waals surface area contributed by atoms with Crippen molar-refractivity contribution in [2.24, 2.45) is 11.5 Å². The summed E-state index contributed by atoms with van der Waals surface area (Å²) in [5.74, 6) is 0. The SMILES string of the molecule is NC(=S)/C=C(\N)CN1CCOCC1. The predicted molar refractivity (Wildman–Crippen MR) is 56.3 cm³/mol. The van der Waals surface area contributed by atoms with Crippen LogP contribution in [-0.2, 0) is 4.74 Å². The van der Waals surface area contributed by atoms with Crippen LogP contribution in [0.2, 0.25) is 0 Å². The standard InChI is InChI=1S/C8H15N3OS/c9-7(5-8(10)13)6-11-1-3-12-4-2-11/h5H,1-4,6,9H2,(H2,10,13)/b7-5-. The fraction of sp³-hybridized carbons (Fsp3) is 0.625. The van der Waals surface area contributed by atoms with Crippen LogP contribution in [0.25, 0.3) is 0 Å². The van der Waals surface area contributed by atoms with E-state index >= 15 is 0 Å². The molecule has 1 heterocycles. The fourth-order valence-corrected chi connectivity index (χ4v) is 1.40. The van der Waals surface area contributed by atoms with Crippen LogP contribution in [0.3, 0.4) is 0 Å². The maximum atomic E-state index is 5.72. The van der Waals surface area contributed by atoms with Crippen LogP contribution in [0.5, 0.6) is 0 Å². The normalized spacial score (nSPS) is 20.2. The van der Waals surface area contributed by atoms with Gasteiger partial charge < -0.3 is 16.2 Å². The highest BCUT2D eigenvalue weighted by Gasteiger charge is 2.10. The van der Waals surface area contributed by atoms with Crippen molar-refractivity contribution in [3.63, 3.8) is 0 Å². The van der Waals surface area contributed by atoms with E-state index < -0.39 is 0 Å². The molecule has 0 radical (unpaired) electrons. The van der Waals surface area contributed by atoms with Crippen molar-refractivity contribution in [2.75, 3.05) is 32.8 Å². The average Bonchev–Trinajstić information content (AvgIpc) is 2.04. The van der Waals surface area contributed by atoms with Crippen molar-refractivity contribution in [2.45, 2.75) is 0 Å². The molecule has 0 aliphatic carbocycles. The highest BCUT2D eigenvalue weighted by molar-refractivity contribution is 7.80. The van der Waals surface area contributed by atoms with Crippen molar-refractivity contribution in [3.05, 3.63) is 11.8 Å². The molecule has 1 aliphatic rings. The second-order valence-electron chi connectivity index (χ2n) is 3.01. The molecule has 4 nitrogen and oxygen atoms in total. The molecule has 0 aromatic heterocycles. The molecule has 1 fully saturated rings. The Kier molecular flexibility index (Phi) is 4.14. The number of hydrogen-bond acceptors (Lipinski definition) is 4. The quantitative estimate of drug-likeness (QED) is 0.474. The van der Waals surface area contributed by atoms with Gasteiger partial charge in [-0.3, -0.25) is 4.90 Å². The van der Waals surface area contributed by atoms with Crippen LogP contribution in [0, 0.1) is 0 Å². The van der Waals surface area contributed by atoms with E-state index in [-0.39, 0.29) is 0 Å². The molecule has 0 atom stereocenters. The maximum absolute atomic E-state index is 5.72. The van der Waals surface area contributed by atoms with E-state index in [1.807, 2.05) is 0 Å². The Morgan fingerprint density at radius 1 is 1.38 bits per heavy atom. The minimum Gasteiger partial charge on any atom is -0.401 e. The Labute approximate surface area is 83.5 Å². The summed E-state index contributed by atoms with van der Waals surface area (Å²) in [5, 5.41) is 0. The summed E-state index contributed by atoms with van der Waals surface area (Å²) in [6, 6.07) is 0. The zero-order chi connectivity index (χ0) is 9.68. The Balaban J connectivity index is 2.33. The Morgan fingerprint density at radius 3 is 2.54 bits per heavy atom. The second-order valence-corrected chi connectivity index (χ2v) is 3.48. The van der Waals surface area contributed by atoms with E-state index in [0.717, 1.165) is 38.5 Å². The molecular weight excluding hydrogens is 186 g/mol. The molecule has 1 aliphatic heterocycles. The molecule has 1 saturated heterocycles. The third kappa shape index (κ3) is 4.21. The Morgan fingerprint density at radius 2 is 2.00 bits per heavy atom. The predicted octanol–water partition coefficient (Wildman–Crippen LogP) is -0.553. The zero-order valence-corrected chi connectivity index (χ0v) is 8.35. The number of hydrogen-bond donors (Lipinski definition) is 2. The van der Waals surface area contributed by atoms with Crippen LogP contribution in [0.4, 0.5) is 0 Å². The lowest BCUT2D eigenvalue weighted by Crippen LogP contribution is -2.38. The molecule has 0 aromatic carbocycles. The monoisotopic (exact) mass is 201 g/mol. The van der Waals surface area contributed by atoms with Gasteiger partial charge in [-0.25, -0.2) is 0 Å². The Bertz CT molecular complexity index is 211. The topological polar surface area (TPSA) is 64.5 Å². The van der Waals surface area contributed by atoms with Gasteiger partial charge in [-0.2, -0.15) is 0 Å². The first-order valence-electron chi connectivity index (χ1n) is 4.24. The van der Waals surface area contributed by atoms with E-state index in [9.17, 15) is 0 Å². The number of morpholine rings is 1. The molecule has 0 amide bonds. The summed E-state index contributed by atoms with van der Waals surface area (Å²) >= 11 is 4.72. The van der Waals surface area contributed by atoms with Gasteiger partial charge in [0.15, 0.2) is 0 Å². The van der Waals surface area contributed by atoms with Gasteiger partial charge >= 0.3 is 0 Å². The van der Waals surface area contributed by atoms with Crippen molar-refractivity contribution < 1.29 is 4.74 Å². The molecule has 0 unspecified atom stereocenters. The highest BCUT2D eigenvalue weighted by Crippen LogP contribution is 1.98. The minimum atomic E-state index is 0.339. The van der Waals surface area contributed by atoms with Crippen molar-refractivity contribution in [3.8, 4) is 0 Å². The number of nitrogens with two attached hydrogens (primary N) is 2. The van der Waals surface area contributed by atoms with E-state index in [1.165, 1.54) is 0 Å². The van der Waals surface area contributed by atoms with Gasteiger partial charge in [0.1, 0.15) is 0 Å². The number of rotatable bonds is 3. The molecule has 5 heteroatoms.